The van der Waals surface area contributed by atoms with Gasteiger partial charge in [-0.25, -0.2) is 0 Å². The van der Waals surface area contributed by atoms with Gasteiger partial charge in [-0.05, 0) is 30.7 Å². The van der Waals surface area contributed by atoms with Crippen LogP contribution in [0.1, 0.15) is 18.2 Å². The third-order valence-corrected chi connectivity index (χ3v) is 3.24. The molecule has 1 N–H and O–H groups in total. The fourth-order valence-corrected chi connectivity index (χ4v) is 2.29. The summed E-state index contributed by atoms with van der Waals surface area (Å²) in [7, 11) is 3.58. The molecule has 20 heavy (non-hydrogen) atoms. The van der Waals surface area contributed by atoms with Gasteiger partial charge < -0.3 is 10.1 Å². The summed E-state index contributed by atoms with van der Waals surface area (Å²) in [6, 6.07) is 8.59. The minimum atomic E-state index is 0.366. The van der Waals surface area contributed by atoms with Gasteiger partial charge in [0.05, 0.1) is 12.8 Å². The fraction of sp³-hybridized carbons (Fsp3) is 0.467. The lowest BCUT2D eigenvalue weighted by atomic mass is 10.0. The van der Waals surface area contributed by atoms with Gasteiger partial charge in [0.25, 0.3) is 0 Å². The van der Waals surface area contributed by atoms with Crippen molar-refractivity contribution in [3.05, 3.63) is 41.7 Å². The lowest BCUT2D eigenvalue weighted by Gasteiger charge is -2.16. The standard InChI is InChI=1S/C15H22N4O/c1-4-16-13(10-14-11-19(2)18-17-14)9-12-5-7-15(20-3)8-6-12/h5-8,11,13,16H,4,9-10H2,1-3H3. The van der Waals surface area contributed by atoms with Gasteiger partial charge in [-0.3, -0.25) is 4.68 Å². The summed E-state index contributed by atoms with van der Waals surface area (Å²) in [4.78, 5) is 0. The highest BCUT2D eigenvalue weighted by Crippen LogP contribution is 2.13. The highest BCUT2D eigenvalue weighted by molar-refractivity contribution is 5.27. The van der Waals surface area contributed by atoms with Crippen LogP contribution < -0.4 is 10.1 Å². The minimum absolute atomic E-state index is 0.366. The van der Waals surface area contributed by atoms with Gasteiger partial charge in [-0.1, -0.05) is 24.3 Å². The predicted molar refractivity (Wildman–Crippen MR) is 78.9 cm³/mol. The molecule has 0 saturated heterocycles. The molecule has 2 rings (SSSR count). The topological polar surface area (TPSA) is 52.0 Å². The van der Waals surface area contributed by atoms with E-state index in [0.29, 0.717) is 6.04 Å². The Hall–Kier alpha value is -1.88. The maximum Gasteiger partial charge on any atom is 0.118 e. The zero-order chi connectivity index (χ0) is 14.4. The Balaban J connectivity index is 2.00. The quantitative estimate of drug-likeness (QED) is 0.833. The van der Waals surface area contributed by atoms with E-state index in [1.807, 2.05) is 25.4 Å². The summed E-state index contributed by atoms with van der Waals surface area (Å²) in [5.74, 6) is 0.891. The number of aryl methyl sites for hydroxylation is 1. The van der Waals surface area contributed by atoms with Crippen molar-refractivity contribution in [1.29, 1.82) is 0 Å². The van der Waals surface area contributed by atoms with E-state index >= 15 is 0 Å². The predicted octanol–water partition coefficient (Wildman–Crippen LogP) is 1.59. The molecular formula is C15H22N4O. The molecule has 2 aromatic rings. The van der Waals surface area contributed by atoms with Crippen molar-refractivity contribution in [1.82, 2.24) is 20.3 Å². The monoisotopic (exact) mass is 274 g/mol. The summed E-state index contributed by atoms with van der Waals surface area (Å²) in [6.45, 7) is 3.07. The zero-order valence-corrected chi connectivity index (χ0v) is 12.3. The lowest BCUT2D eigenvalue weighted by Crippen LogP contribution is -2.33. The average molecular weight is 274 g/mol. The van der Waals surface area contributed by atoms with Crippen molar-refractivity contribution in [3.8, 4) is 5.75 Å². The molecule has 1 heterocycles. The van der Waals surface area contributed by atoms with Crippen molar-refractivity contribution in [2.75, 3.05) is 13.7 Å². The van der Waals surface area contributed by atoms with E-state index in [4.69, 9.17) is 4.74 Å². The van der Waals surface area contributed by atoms with Crippen molar-refractivity contribution >= 4 is 0 Å². The number of ether oxygens (including phenoxy) is 1. The van der Waals surface area contributed by atoms with Gasteiger partial charge >= 0.3 is 0 Å². The number of hydrogen-bond donors (Lipinski definition) is 1. The molecule has 0 aliphatic carbocycles. The Morgan fingerprint density at radius 3 is 2.55 bits per heavy atom. The van der Waals surface area contributed by atoms with Gasteiger partial charge in [0.1, 0.15) is 5.75 Å². The van der Waals surface area contributed by atoms with Crippen LogP contribution >= 0.6 is 0 Å². The van der Waals surface area contributed by atoms with Crippen LogP contribution in [0.2, 0.25) is 0 Å². The molecule has 0 saturated carbocycles. The molecule has 0 amide bonds. The van der Waals surface area contributed by atoms with Gasteiger partial charge in [-0.2, -0.15) is 0 Å². The molecule has 1 aromatic heterocycles. The van der Waals surface area contributed by atoms with Crippen LogP contribution in [0.5, 0.6) is 5.75 Å². The second-order valence-corrected chi connectivity index (χ2v) is 4.89. The number of nitrogens with zero attached hydrogens (tertiary/aromatic N) is 3. The Bertz CT molecular complexity index is 521. The summed E-state index contributed by atoms with van der Waals surface area (Å²) in [6.07, 6.45) is 3.82. The number of hydrogen-bond acceptors (Lipinski definition) is 4. The number of aromatic nitrogens is 3. The van der Waals surface area contributed by atoms with E-state index in [9.17, 15) is 0 Å². The normalized spacial score (nSPS) is 12.3. The van der Waals surface area contributed by atoms with E-state index in [2.05, 4.69) is 34.7 Å². The molecule has 5 heteroatoms. The van der Waals surface area contributed by atoms with Gasteiger partial charge in [0.2, 0.25) is 0 Å². The molecule has 5 nitrogen and oxygen atoms in total. The fourth-order valence-electron chi connectivity index (χ4n) is 2.29. The molecule has 0 aliphatic heterocycles. The van der Waals surface area contributed by atoms with Gasteiger partial charge in [0.15, 0.2) is 0 Å². The van der Waals surface area contributed by atoms with Crippen LogP contribution in [-0.2, 0) is 19.9 Å². The van der Waals surface area contributed by atoms with E-state index in [0.717, 1.165) is 30.8 Å². The third-order valence-electron chi connectivity index (χ3n) is 3.24. The number of nitrogens with one attached hydrogen (secondary N) is 1. The molecule has 0 radical (unpaired) electrons. The Kier molecular flexibility index (Phi) is 5.12. The molecule has 0 bridgehead atoms. The first kappa shape index (κ1) is 14.5. The Morgan fingerprint density at radius 1 is 1.25 bits per heavy atom. The maximum absolute atomic E-state index is 5.18. The Labute approximate surface area is 120 Å². The molecule has 0 aliphatic rings. The van der Waals surface area contributed by atoms with Crippen LogP contribution in [0.4, 0.5) is 0 Å². The maximum atomic E-state index is 5.18. The van der Waals surface area contributed by atoms with Crippen LogP contribution in [0.15, 0.2) is 30.5 Å². The number of benzene rings is 1. The first-order valence-electron chi connectivity index (χ1n) is 6.92. The van der Waals surface area contributed by atoms with E-state index < -0.39 is 0 Å². The summed E-state index contributed by atoms with van der Waals surface area (Å²) >= 11 is 0. The third kappa shape index (κ3) is 4.06. The zero-order valence-electron chi connectivity index (χ0n) is 12.3. The van der Waals surface area contributed by atoms with Crippen molar-refractivity contribution in [2.24, 2.45) is 7.05 Å². The molecule has 1 unspecified atom stereocenters. The van der Waals surface area contributed by atoms with Crippen molar-refractivity contribution in [3.63, 3.8) is 0 Å². The highest BCUT2D eigenvalue weighted by atomic mass is 16.5. The summed E-state index contributed by atoms with van der Waals surface area (Å²) in [5.41, 5.74) is 2.31. The molecule has 1 aromatic carbocycles. The summed E-state index contributed by atoms with van der Waals surface area (Å²) < 4.78 is 6.93. The van der Waals surface area contributed by atoms with Crippen molar-refractivity contribution < 1.29 is 4.74 Å². The smallest absolute Gasteiger partial charge is 0.118 e. The second-order valence-electron chi connectivity index (χ2n) is 4.89. The molecule has 0 fully saturated rings. The highest BCUT2D eigenvalue weighted by Gasteiger charge is 2.11. The number of likely N-dealkylation sites (N-methyl/N-ethyl adjacent to an activating group) is 1. The lowest BCUT2D eigenvalue weighted by molar-refractivity contribution is 0.414. The average Bonchev–Trinajstić information content (AvgIpc) is 2.85. The number of methoxy groups -OCH3 is 1. The van der Waals surface area contributed by atoms with Crippen LogP contribution in [0.25, 0.3) is 0 Å². The molecule has 1 atom stereocenters. The minimum Gasteiger partial charge on any atom is -0.497 e. The van der Waals surface area contributed by atoms with Crippen LogP contribution in [-0.4, -0.2) is 34.7 Å². The van der Waals surface area contributed by atoms with E-state index in [-0.39, 0.29) is 0 Å². The first-order chi connectivity index (χ1) is 9.71. The van der Waals surface area contributed by atoms with Crippen LogP contribution in [0.3, 0.4) is 0 Å². The van der Waals surface area contributed by atoms with E-state index in [1.54, 1.807) is 11.8 Å². The van der Waals surface area contributed by atoms with Gasteiger partial charge in [0, 0.05) is 25.7 Å². The largest absolute Gasteiger partial charge is 0.497 e. The van der Waals surface area contributed by atoms with E-state index in [1.165, 1.54) is 5.56 Å². The molecular weight excluding hydrogens is 252 g/mol. The number of rotatable bonds is 7. The second kappa shape index (κ2) is 7.05. The summed E-state index contributed by atoms with van der Waals surface area (Å²) in [5, 5.41) is 11.7. The van der Waals surface area contributed by atoms with Gasteiger partial charge in [-0.15, -0.1) is 5.10 Å². The Morgan fingerprint density at radius 2 is 2.00 bits per heavy atom. The van der Waals surface area contributed by atoms with Crippen LogP contribution in [0, 0.1) is 0 Å². The first-order valence-corrected chi connectivity index (χ1v) is 6.92. The molecule has 108 valence electrons. The van der Waals surface area contributed by atoms with Crippen molar-refractivity contribution in [2.45, 2.75) is 25.8 Å². The SMILES string of the molecule is CCNC(Cc1ccc(OC)cc1)Cc1cn(C)nn1. The molecule has 0 spiro atoms.